The molecule has 1 N–H and O–H groups in total. The van der Waals surface area contributed by atoms with Gasteiger partial charge in [0.05, 0.1) is 6.20 Å². The molecule has 0 aliphatic heterocycles. The summed E-state index contributed by atoms with van der Waals surface area (Å²) in [6, 6.07) is 7.42. The van der Waals surface area contributed by atoms with Crippen molar-refractivity contribution in [3.8, 4) is 11.6 Å². The molecule has 0 saturated heterocycles. The van der Waals surface area contributed by atoms with Gasteiger partial charge < -0.3 is 10.1 Å². The molecule has 1 aromatic carbocycles. The molecule has 0 aliphatic carbocycles. The number of hydrogen-bond donors (Lipinski definition) is 1. The number of halogens is 1. The summed E-state index contributed by atoms with van der Waals surface area (Å²) in [6.45, 7) is 6.89. The van der Waals surface area contributed by atoms with Gasteiger partial charge in [-0.3, -0.25) is 0 Å². The first kappa shape index (κ1) is 15.4. The molecule has 0 aliphatic rings. The molecule has 21 heavy (non-hydrogen) atoms. The lowest BCUT2D eigenvalue weighted by Crippen LogP contribution is -2.08. The van der Waals surface area contributed by atoms with Crippen LogP contribution in [0.1, 0.15) is 36.5 Å². The minimum Gasteiger partial charge on any atom is -0.439 e. The zero-order valence-corrected chi connectivity index (χ0v) is 12.9. The fourth-order valence-corrected chi connectivity index (χ4v) is 2.35. The zero-order valence-electron chi connectivity index (χ0n) is 12.9. The summed E-state index contributed by atoms with van der Waals surface area (Å²) >= 11 is 0. The van der Waals surface area contributed by atoms with Gasteiger partial charge in [-0.25, -0.2) is 9.37 Å². The second kappa shape index (κ2) is 6.68. The molecule has 1 aromatic heterocycles. The van der Waals surface area contributed by atoms with Crippen molar-refractivity contribution in [1.82, 2.24) is 10.3 Å². The average molecular weight is 288 g/mol. The highest BCUT2D eigenvalue weighted by molar-refractivity contribution is 5.39. The van der Waals surface area contributed by atoms with Gasteiger partial charge in [0.2, 0.25) is 5.88 Å². The molecule has 1 heterocycles. The normalized spacial score (nSPS) is 11.0. The first-order valence-corrected chi connectivity index (χ1v) is 7.08. The lowest BCUT2D eigenvalue weighted by molar-refractivity contribution is 0.449. The van der Waals surface area contributed by atoms with Crippen LogP contribution in [0.25, 0.3) is 0 Å². The van der Waals surface area contributed by atoms with Crippen LogP contribution in [0.2, 0.25) is 0 Å². The summed E-state index contributed by atoms with van der Waals surface area (Å²) in [5.41, 5.74) is 3.17. The Balaban J connectivity index is 2.28. The van der Waals surface area contributed by atoms with E-state index in [0.717, 1.165) is 0 Å². The second-order valence-corrected chi connectivity index (χ2v) is 5.42. The number of pyridine rings is 1. The smallest absolute Gasteiger partial charge is 0.223 e. The van der Waals surface area contributed by atoms with Crippen LogP contribution in [0.5, 0.6) is 11.6 Å². The third kappa shape index (κ3) is 3.79. The number of benzene rings is 1. The Morgan fingerprint density at radius 3 is 2.67 bits per heavy atom. The molecule has 2 aromatic rings. The first-order valence-electron chi connectivity index (χ1n) is 7.08. The fourth-order valence-electron chi connectivity index (χ4n) is 2.35. The molecule has 0 amide bonds. The van der Waals surface area contributed by atoms with Gasteiger partial charge in [-0.05, 0) is 49.2 Å². The third-order valence-electron chi connectivity index (χ3n) is 3.34. The Hall–Kier alpha value is -1.94. The monoisotopic (exact) mass is 288 g/mol. The van der Waals surface area contributed by atoms with Gasteiger partial charge in [-0.1, -0.05) is 19.9 Å². The Labute approximate surface area is 125 Å². The predicted octanol–water partition coefficient (Wildman–Crippen LogP) is 4.16. The van der Waals surface area contributed by atoms with Crippen LogP contribution in [0.15, 0.2) is 30.5 Å². The SMILES string of the molecule is CNCc1cc(F)cnc1Oc1ccc(C(C)C)c(C)c1. The van der Waals surface area contributed by atoms with Crippen LogP contribution >= 0.6 is 0 Å². The van der Waals surface area contributed by atoms with Crippen molar-refractivity contribution < 1.29 is 9.13 Å². The van der Waals surface area contributed by atoms with Crippen LogP contribution in [0, 0.1) is 12.7 Å². The molecule has 0 fully saturated rings. The predicted molar refractivity (Wildman–Crippen MR) is 82.3 cm³/mol. The molecule has 0 spiro atoms. The zero-order chi connectivity index (χ0) is 15.4. The molecule has 2 rings (SSSR count). The van der Waals surface area contributed by atoms with E-state index in [1.54, 1.807) is 7.05 Å². The molecular weight excluding hydrogens is 267 g/mol. The van der Waals surface area contributed by atoms with Gasteiger partial charge in [0.15, 0.2) is 0 Å². The lowest BCUT2D eigenvalue weighted by Gasteiger charge is -2.13. The van der Waals surface area contributed by atoms with Gasteiger partial charge in [0, 0.05) is 12.1 Å². The van der Waals surface area contributed by atoms with Gasteiger partial charge >= 0.3 is 0 Å². The topological polar surface area (TPSA) is 34.2 Å². The maximum absolute atomic E-state index is 13.3. The molecular formula is C17H21FN2O. The molecule has 0 saturated carbocycles. The van der Waals surface area contributed by atoms with E-state index in [2.05, 4.69) is 37.1 Å². The lowest BCUT2D eigenvalue weighted by atomic mass is 9.98. The number of nitrogens with one attached hydrogen (secondary N) is 1. The summed E-state index contributed by atoms with van der Waals surface area (Å²) < 4.78 is 19.1. The summed E-state index contributed by atoms with van der Waals surface area (Å²) in [5, 5.41) is 2.99. The quantitative estimate of drug-likeness (QED) is 0.897. The van der Waals surface area contributed by atoms with E-state index in [-0.39, 0.29) is 5.82 Å². The molecule has 0 radical (unpaired) electrons. The van der Waals surface area contributed by atoms with Crippen LogP contribution < -0.4 is 10.1 Å². The highest BCUT2D eigenvalue weighted by atomic mass is 19.1. The van der Waals surface area contributed by atoms with Gasteiger partial charge in [0.25, 0.3) is 0 Å². The fraction of sp³-hybridized carbons (Fsp3) is 0.353. The number of nitrogens with zero attached hydrogens (tertiary/aromatic N) is 1. The van der Waals surface area contributed by atoms with E-state index in [9.17, 15) is 4.39 Å². The maximum Gasteiger partial charge on any atom is 0.223 e. The van der Waals surface area contributed by atoms with Crippen LogP contribution in [0.4, 0.5) is 4.39 Å². The molecule has 4 heteroatoms. The number of aryl methyl sites for hydroxylation is 1. The molecule has 0 atom stereocenters. The van der Waals surface area contributed by atoms with Crippen molar-refractivity contribution >= 4 is 0 Å². The number of rotatable bonds is 5. The molecule has 112 valence electrons. The van der Waals surface area contributed by atoms with Gasteiger partial charge in [-0.2, -0.15) is 0 Å². The van der Waals surface area contributed by atoms with E-state index in [4.69, 9.17) is 4.74 Å². The summed E-state index contributed by atoms with van der Waals surface area (Å²) in [4.78, 5) is 4.04. The standard InChI is InChI=1S/C17H21FN2O/c1-11(2)16-6-5-15(7-12(16)3)21-17-13(9-19-4)8-14(18)10-20-17/h5-8,10-11,19H,9H2,1-4H3. The van der Waals surface area contributed by atoms with Crippen molar-refractivity contribution in [2.45, 2.75) is 33.2 Å². The number of ether oxygens (including phenoxy) is 1. The Morgan fingerprint density at radius 2 is 2.05 bits per heavy atom. The van der Waals surface area contributed by atoms with E-state index >= 15 is 0 Å². The maximum atomic E-state index is 13.3. The minimum absolute atomic E-state index is 0.362. The van der Waals surface area contributed by atoms with E-state index in [1.165, 1.54) is 23.4 Å². The van der Waals surface area contributed by atoms with Crippen LogP contribution in [-0.2, 0) is 6.54 Å². The summed E-state index contributed by atoms with van der Waals surface area (Å²) in [7, 11) is 1.80. The molecule has 0 unspecified atom stereocenters. The minimum atomic E-state index is -0.362. The van der Waals surface area contributed by atoms with Crippen molar-refractivity contribution in [1.29, 1.82) is 0 Å². The van der Waals surface area contributed by atoms with E-state index < -0.39 is 0 Å². The van der Waals surface area contributed by atoms with Crippen molar-refractivity contribution in [3.63, 3.8) is 0 Å². The highest BCUT2D eigenvalue weighted by Gasteiger charge is 2.10. The van der Waals surface area contributed by atoms with Crippen LogP contribution in [-0.4, -0.2) is 12.0 Å². The van der Waals surface area contributed by atoms with Gasteiger partial charge in [-0.15, -0.1) is 0 Å². The third-order valence-corrected chi connectivity index (χ3v) is 3.34. The van der Waals surface area contributed by atoms with Crippen molar-refractivity contribution in [2.24, 2.45) is 0 Å². The average Bonchev–Trinajstić information content (AvgIpc) is 2.42. The van der Waals surface area contributed by atoms with E-state index in [1.807, 2.05) is 12.1 Å². The largest absolute Gasteiger partial charge is 0.439 e. The number of aromatic nitrogens is 1. The Bertz CT molecular complexity index is 626. The molecule has 0 bridgehead atoms. The highest BCUT2D eigenvalue weighted by Crippen LogP contribution is 2.28. The van der Waals surface area contributed by atoms with Crippen molar-refractivity contribution in [3.05, 3.63) is 53.0 Å². The Morgan fingerprint density at radius 1 is 1.29 bits per heavy atom. The van der Waals surface area contributed by atoms with E-state index in [0.29, 0.717) is 29.7 Å². The summed E-state index contributed by atoms with van der Waals surface area (Å²) in [6.07, 6.45) is 1.17. The number of hydrogen-bond acceptors (Lipinski definition) is 3. The second-order valence-electron chi connectivity index (χ2n) is 5.42. The first-order chi connectivity index (χ1) is 10.0. The Kier molecular flexibility index (Phi) is 4.91. The van der Waals surface area contributed by atoms with Crippen LogP contribution in [0.3, 0.4) is 0 Å². The van der Waals surface area contributed by atoms with Gasteiger partial charge in [0.1, 0.15) is 11.6 Å². The molecule has 3 nitrogen and oxygen atoms in total. The van der Waals surface area contributed by atoms with Crippen molar-refractivity contribution in [2.75, 3.05) is 7.05 Å². The summed E-state index contributed by atoms with van der Waals surface area (Å²) in [5.74, 6) is 1.26.